The molecule has 0 N–H and O–H groups in total. The maximum Gasteiger partial charge on any atom is 0.329 e. The van der Waals surface area contributed by atoms with Gasteiger partial charge in [0.2, 0.25) is 0 Å². The summed E-state index contributed by atoms with van der Waals surface area (Å²) in [5.41, 5.74) is 0.906. The number of esters is 1. The molecular formula is C32H36Cl2FN3O3S. The van der Waals surface area contributed by atoms with Gasteiger partial charge in [0, 0.05) is 16.8 Å². The molecule has 3 aliphatic heterocycles. The number of amidine groups is 1. The van der Waals surface area contributed by atoms with E-state index < -0.39 is 35.0 Å². The Morgan fingerprint density at radius 3 is 2.38 bits per heavy atom. The second kappa shape index (κ2) is 11.2. The van der Waals surface area contributed by atoms with Crippen LogP contribution in [0.15, 0.2) is 58.1 Å². The molecule has 0 aliphatic carbocycles. The Hall–Kier alpha value is -2.55. The first-order valence-corrected chi connectivity index (χ1v) is 15.8. The number of thioether (sulfide) groups is 1. The highest BCUT2D eigenvalue weighted by Gasteiger charge is 2.54. The van der Waals surface area contributed by atoms with Gasteiger partial charge >= 0.3 is 5.97 Å². The van der Waals surface area contributed by atoms with E-state index in [9.17, 15) is 14.0 Å². The summed E-state index contributed by atoms with van der Waals surface area (Å²) in [6, 6.07) is 11.1. The van der Waals surface area contributed by atoms with Crippen molar-refractivity contribution in [3.05, 3.63) is 80.1 Å². The van der Waals surface area contributed by atoms with Crippen LogP contribution in [0, 0.1) is 11.7 Å². The molecule has 4 atom stereocenters. The lowest BCUT2D eigenvalue weighted by Gasteiger charge is -2.37. The Labute approximate surface area is 261 Å². The highest BCUT2D eigenvalue weighted by Crippen LogP contribution is 2.56. The number of carbonyl (C=O) groups excluding carboxylic acids is 2. The summed E-state index contributed by atoms with van der Waals surface area (Å²) in [6.07, 6.45) is 1.25. The maximum atomic E-state index is 14.9. The van der Waals surface area contributed by atoms with Gasteiger partial charge in [-0.25, -0.2) is 14.2 Å². The molecule has 3 heterocycles. The zero-order valence-electron chi connectivity index (χ0n) is 24.9. The molecule has 1 saturated heterocycles. The number of aliphatic imine (C=N–C) groups is 1. The van der Waals surface area contributed by atoms with E-state index in [1.54, 1.807) is 11.0 Å². The average Bonchev–Trinajstić information content (AvgIpc) is 3.54. The molecule has 0 bridgehead atoms. The zero-order valence-corrected chi connectivity index (χ0v) is 27.2. The molecule has 224 valence electrons. The zero-order chi connectivity index (χ0) is 30.7. The summed E-state index contributed by atoms with van der Waals surface area (Å²) in [7, 11) is 0. The van der Waals surface area contributed by atoms with Crippen molar-refractivity contribution in [2.45, 2.75) is 90.6 Å². The number of benzene rings is 2. The van der Waals surface area contributed by atoms with Crippen molar-refractivity contribution in [1.82, 2.24) is 9.80 Å². The molecule has 0 aromatic heterocycles. The molecule has 2 aromatic carbocycles. The van der Waals surface area contributed by atoms with Crippen LogP contribution in [0.5, 0.6) is 0 Å². The van der Waals surface area contributed by atoms with Crippen LogP contribution in [0.3, 0.4) is 0 Å². The Morgan fingerprint density at radius 2 is 1.79 bits per heavy atom. The van der Waals surface area contributed by atoms with E-state index in [1.807, 2.05) is 78.8 Å². The summed E-state index contributed by atoms with van der Waals surface area (Å²) in [4.78, 5) is 37.0. The number of amides is 1. The van der Waals surface area contributed by atoms with Crippen LogP contribution in [0.1, 0.15) is 78.5 Å². The molecule has 10 heteroatoms. The van der Waals surface area contributed by atoms with Gasteiger partial charge < -0.3 is 14.5 Å². The van der Waals surface area contributed by atoms with E-state index in [0.717, 1.165) is 11.3 Å². The number of allylic oxidation sites excluding steroid dienone is 1. The lowest BCUT2D eigenvalue weighted by atomic mass is 9.81. The molecule has 3 aliphatic rings. The maximum absolute atomic E-state index is 14.9. The Bertz CT molecular complexity index is 1490. The van der Waals surface area contributed by atoms with Crippen molar-refractivity contribution in [2.24, 2.45) is 10.9 Å². The summed E-state index contributed by atoms with van der Waals surface area (Å²) >= 11 is 13.6. The molecular weight excluding hydrogens is 596 g/mol. The van der Waals surface area contributed by atoms with Crippen molar-refractivity contribution in [1.29, 1.82) is 0 Å². The fraction of sp³-hybridized carbons (Fsp3) is 0.469. The van der Waals surface area contributed by atoms with E-state index in [2.05, 4.69) is 4.90 Å². The molecule has 42 heavy (non-hydrogen) atoms. The third kappa shape index (κ3) is 5.46. The van der Waals surface area contributed by atoms with Crippen LogP contribution in [0.2, 0.25) is 10.0 Å². The number of nitrogens with zero attached hydrogens (tertiary/aromatic N) is 3. The van der Waals surface area contributed by atoms with E-state index in [1.165, 1.54) is 17.8 Å². The van der Waals surface area contributed by atoms with E-state index in [-0.39, 0.29) is 22.9 Å². The smallest absolute Gasteiger partial charge is 0.329 e. The first kappa shape index (κ1) is 30.9. The number of halogens is 3. The van der Waals surface area contributed by atoms with Crippen LogP contribution in [0.25, 0.3) is 0 Å². The van der Waals surface area contributed by atoms with Crippen LogP contribution in [-0.4, -0.2) is 44.5 Å². The minimum absolute atomic E-state index is 0.0357. The largest absolute Gasteiger partial charge is 0.458 e. The molecule has 1 amide bonds. The summed E-state index contributed by atoms with van der Waals surface area (Å²) in [5.74, 6) is -1.20. The normalized spacial score (nSPS) is 25.8. The number of likely N-dealkylation sites (tertiary alicyclic amines) is 1. The highest BCUT2D eigenvalue weighted by atomic mass is 35.5. The van der Waals surface area contributed by atoms with Crippen LogP contribution in [-0.2, 0) is 19.9 Å². The Balaban J connectivity index is 1.61. The molecule has 6 nitrogen and oxygen atoms in total. The number of rotatable bonds is 5. The van der Waals surface area contributed by atoms with Crippen molar-refractivity contribution in [2.75, 3.05) is 0 Å². The van der Waals surface area contributed by atoms with Gasteiger partial charge in [-0.2, -0.15) is 0 Å². The van der Waals surface area contributed by atoms with Crippen molar-refractivity contribution in [3.63, 3.8) is 0 Å². The molecule has 2 aromatic rings. The minimum Gasteiger partial charge on any atom is -0.458 e. The lowest BCUT2D eigenvalue weighted by Crippen LogP contribution is -2.46. The first-order valence-electron chi connectivity index (χ1n) is 14.2. The van der Waals surface area contributed by atoms with E-state index in [0.29, 0.717) is 33.5 Å². The summed E-state index contributed by atoms with van der Waals surface area (Å²) in [5, 5.41) is 1.29. The van der Waals surface area contributed by atoms with Crippen molar-refractivity contribution >= 4 is 52.0 Å². The molecule has 0 radical (unpaired) electrons. The standard InChI is InChI=1S/C32H36Cl2FN3O3S/c1-17(2)25-26(28(39)37-18(3)8-15-24(37)29(40)41-31(4,5)6)42-30-36-32(7,20-10-12-21(33)13-11-20)27(38(25)30)19-9-14-22(34)23(35)16-19/h9-14,16-18,24,27H,8,15H2,1-7H3/t18-,24+,27+,32-/m1/s1. The van der Waals surface area contributed by atoms with Crippen LogP contribution in [0.4, 0.5) is 4.39 Å². The number of hydrogen-bond acceptors (Lipinski definition) is 6. The number of carbonyl (C=O) groups is 2. The van der Waals surface area contributed by atoms with Gasteiger partial charge in [-0.1, -0.05) is 55.2 Å². The molecule has 1 fully saturated rings. The number of fused-ring (bicyclic) bond motifs is 1. The van der Waals surface area contributed by atoms with E-state index >= 15 is 0 Å². The van der Waals surface area contributed by atoms with E-state index in [4.69, 9.17) is 32.9 Å². The molecule has 0 spiro atoms. The molecule has 0 unspecified atom stereocenters. The summed E-state index contributed by atoms with van der Waals surface area (Å²) in [6.45, 7) is 13.5. The monoisotopic (exact) mass is 631 g/mol. The third-order valence-corrected chi connectivity index (χ3v) is 9.64. The van der Waals surface area contributed by atoms with Gasteiger partial charge in [-0.15, -0.1) is 0 Å². The second-order valence-corrected chi connectivity index (χ2v) is 14.5. The third-order valence-electron chi connectivity index (χ3n) is 8.02. The average molecular weight is 633 g/mol. The Kier molecular flexibility index (Phi) is 8.22. The van der Waals surface area contributed by atoms with Gasteiger partial charge in [-0.3, -0.25) is 4.79 Å². The topological polar surface area (TPSA) is 62.2 Å². The van der Waals surface area contributed by atoms with Gasteiger partial charge in [0.25, 0.3) is 5.91 Å². The quantitative estimate of drug-likeness (QED) is 0.312. The van der Waals surface area contributed by atoms with Crippen LogP contribution < -0.4 is 0 Å². The second-order valence-electron chi connectivity index (χ2n) is 12.7. The van der Waals surface area contributed by atoms with Crippen LogP contribution >= 0.6 is 35.0 Å². The fourth-order valence-corrected chi connectivity index (χ4v) is 7.74. The van der Waals surface area contributed by atoms with Gasteiger partial charge in [0.15, 0.2) is 5.17 Å². The first-order chi connectivity index (χ1) is 19.6. The highest BCUT2D eigenvalue weighted by molar-refractivity contribution is 8.18. The fourth-order valence-electron chi connectivity index (χ4n) is 6.15. The number of ether oxygens (including phenoxy) is 1. The van der Waals surface area contributed by atoms with Crippen molar-refractivity contribution < 1.29 is 18.7 Å². The van der Waals surface area contributed by atoms with Gasteiger partial charge in [0.1, 0.15) is 27.9 Å². The predicted molar refractivity (Wildman–Crippen MR) is 167 cm³/mol. The van der Waals surface area contributed by atoms with Gasteiger partial charge in [-0.05, 0) is 101 Å². The molecule has 5 rings (SSSR count). The predicted octanol–water partition coefficient (Wildman–Crippen LogP) is 8.10. The molecule has 0 saturated carbocycles. The Morgan fingerprint density at radius 1 is 1.12 bits per heavy atom. The minimum atomic E-state index is -0.818. The van der Waals surface area contributed by atoms with Gasteiger partial charge in [0.05, 0.1) is 11.1 Å². The lowest BCUT2D eigenvalue weighted by molar-refractivity contribution is -0.163. The van der Waals surface area contributed by atoms with Crippen molar-refractivity contribution in [3.8, 4) is 0 Å². The SMILES string of the molecule is CC(C)C1=C(C(=O)N2[C@H](C)CC[C@H]2C(=O)OC(C)(C)C)SC2=N[C@](C)(c3ccc(Cl)cc3)[C@H](c3ccc(Cl)c(F)c3)N21. The summed E-state index contributed by atoms with van der Waals surface area (Å²) < 4.78 is 20.6. The number of hydrogen-bond donors (Lipinski definition) is 0.